The Morgan fingerprint density at radius 2 is 1.51 bits per heavy atom. The minimum absolute atomic E-state index is 0.0405. The van der Waals surface area contributed by atoms with E-state index in [1.807, 2.05) is 72.8 Å². The van der Waals surface area contributed by atoms with E-state index in [4.69, 9.17) is 0 Å². The van der Waals surface area contributed by atoms with E-state index in [2.05, 4.69) is 17.2 Å². The van der Waals surface area contributed by atoms with E-state index in [1.54, 1.807) is 9.80 Å². The Morgan fingerprint density at radius 1 is 0.829 bits per heavy atom. The zero-order valence-electron chi connectivity index (χ0n) is 23.4. The van der Waals surface area contributed by atoms with Crippen LogP contribution in [0.25, 0.3) is 10.8 Å². The van der Waals surface area contributed by atoms with Gasteiger partial charge >= 0.3 is 0 Å². The van der Waals surface area contributed by atoms with Crippen molar-refractivity contribution in [3.63, 3.8) is 0 Å². The van der Waals surface area contributed by atoms with Crippen molar-refractivity contribution in [1.29, 1.82) is 0 Å². The second kappa shape index (κ2) is 14.8. The highest BCUT2D eigenvalue weighted by Gasteiger charge is 2.30. The molecule has 0 spiro atoms. The van der Waals surface area contributed by atoms with Crippen LogP contribution in [0.3, 0.4) is 0 Å². The summed E-state index contributed by atoms with van der Waals surface area (Å²) in [5, 5.41) is 7.64. The van der Waals surface area contributed by atoms with Gasteiger partial charge in [0.15, 0.2) is 0 Å². The average Bonchev–Trinajstić information content (AvgIpc) is 3.02. The van der Waals surface area contributed by atoms with Crippen molar-refractivity contribution >= 4 is 34.4 Å². The number of carbonyl (C=O) groups excluding carboxylic acids is 4. The highest BCUT2D eigenvalue weighted by Crippen LogP contribution is 2.21. The van der Waals surface area contributed by atoms with Gasteiger partial charge in [0.1, 0.15) is 6.04 Å². The average molecular weight is 555 g/mol. The second-order valence-electron chi connectivity index (χ2n) is 10.2. The van der Waals surface area contributed by atoms with Gasteiger partial charge in [-0.2, -0.15) is 0 Å². The van der Waals surface area contributed by atoms with E-state index < -0.39 is 6.04 Å². The number of piperazine rings is 1. The van der Waals surface area contributed by atoms with E-state index in [0.29, 0.717) is 64.0 Å². The van der Waals surface area contributed by atoms with E-state index >= 15 is 0 Å². The van der Waals surface area contributed by atoms with Crippen LogP contribution in [0, 0.1) is 0 Å². The zero-order chi connectivity index (χ0) is 29.0. The lowest BCUT2D eigenvalue weighted by atomic mass is 10.0. The molecule has 1 heterocycles. The fourth-order valence-electron chi connectivity index (χ4n) is 5.12. The van der Waals surface area contributed by atoms with Crippen molar-refractivity contribution in [3.05, 3.63) is 96.6 Å². The molecule has 8 heteroatoms. The van der Waals surface area contributed by atoms with Gasteiger partial charge in [0.05, 0.1) is 0 Å². The third-order valence-corrected chi connectivity index (χ3v) is 7.42. The van der Waals surface area contributed by atoms with Crippen LogP contribution in [0.1, 0.15) is 41.6 Å². The Bertz CT molecular complexity index is 1360. The molecular weight excluding hydrogens is 516 g/mol. The summed E-state index contributed by atoms with van der Waals surface area (Å²) in [4.78, 5) is 54.7. The van der Waals surface area contributed by atoms with Crippen LogP contribution in [0.15, 0.2) is 85.5 Å². The number of rotatable bonds is 12. The largest absolute Gasteiger partial charge is 0.353 e. The number of hydrogen-bond acceptors (Lipinski definition) is 4. The van der Waals surface area contributed by atoms with Crippen molar-refractivity contribution < 1.29 is 19.2 Å². The standard InChI is InChI=1S/C33H38N4O4/c1-2-30(38)34-20-9-8-17-29(35-31(39)19-18-25-11-4-3-5-12-25)33(41)37-23-21-36(22-24-37)32(40)28-16-10-14-26-13-6-7-15-27(26)28/h2-7,10-16,29H,1,8-9,17-24H2,(H,34,38)(H,35,39)/t29-/m0/s1. The maximum absolute atomic E-state index is 13.6. The van der Waals surface area contributed by atoms with Crippen molar-refractivity contribution in [2.24, 2.45) is 0 Å². The quantitative estimate of drug-likeness (QED) is 0.263. The van der Waals surface area contributed by atoms with E-state index in [9.17, 15) is 19.2 Å². The van der Waals surface area contributed by atoms with Gasteiger partial charge in [-0.1, -0.05) is 73.3 Å². The first-order chi connectivity index (χ1) is 20.0. The minimum atomic E-state index is -0.659. The predicted molar refractivity (Wildman–Crippen MR) is 160 cm³/mol. The summed E-state index contributed by atoms with van der Waals surface area (Å²) in [6, 6.07) is 22.7. The molecule has 4 amide bonds. The van der Waals surface area contributed by atoms with Gasteiger partial charge in [0, 0.05) is 44.7 Å². The third kappa shape index (κ3) is 8.27. The molecule has 214 valence electrons. The summed E-state index contributed by atoms with van der Waals surface area (Å²) in [5.41, 5.74) is 1.73. The highest BCUT2D eigenvalue weighted by molar-refractivity contribution is 6.07. The zero-order valence-corrected chi connectivity index (χ0v) is 23.4. The van der Waals surface area contributed by atoms with Gasteiger partial charge in [-0.15, -0.1) is 0 Å². The van der Waals surface area contributed by atoms with E-state index in [1.165, 1.54) is 6.08 Å². The van der Waals surface area contributed by atoms with Gasteiger partial charge in [-0.05, 0) is 54.2 Å². The number of nitrogens with one attached hydrogen (secondary N) is 2. The topological polar surface area (TPSA) is 98.8 Å². The fourth-order valence-corrected chi connectivity index (χ4v) is 5.12. The van der Waals surface area contributed by atoms with Crippen LogP contribution >= 0.6 is 0 Å². The van der Waals surface area contributed by atoms with Gasteiger partial charge in [-0.25, -0.2) is 0 Å². The Labute approximate surface area is 241 Å². The monoisotopic (exact) mass is 554 g/mol. The Hall–Kier alpha value is -4.46. The molecule has 4 rings (SSSR count). The number of aryl methyl sites for hydroxylation is 1. The molecule has 1 aliphatic rings. The molecule has 1 aliphatic heterocycles. The summed E-state index contributed by atoms with van der Waals surface area (Å²) in [5.74, 6) is -0.577. The van der Waals surface area contributed by atoms with Crippen LogP contribution in [0.4, 0.5) is 0 Å². The van der Waals surface area contributed by atoms with E-state index in [-0.39, 0.29) is 30.0 Å². The van der Waals surface area contributed by atoms with Crippen LogP contribution in [0.5, 0.6) is 0 Å². The Morgan fingerprint density at radius 3 is 2.27 bits per heavy atom. The lowest BCUT2D eigenvalue weighted by Crippen LogP contribution is -2.55. The van der Waals surface area contributed by atoms with Gasteiger partial charge in [-0.3, -0.25) is 19.2 Å². The molecule has 8 nitrogen and oxygen atoms in total. The number of carbonyl (C=O) groups is 4. The van der Waals surface area contributed by atoms with E-state index in [0.717, 1.165) is 16.3 Å². The van der Waals surface area contributed by atoms with Crippen molar-refractivity contribution in [1.82, 2.24) is 20.4 Å². The molecule has 2 N–H and O–H groups in total. The smallest absolute Gasteiger partial charge is 0.254 e. The third-order valence-electron chi connectivity index (χ3n) is 7.42. The number of benzene rings is 3. The first kappa shape index (κ1) is 29.5. The summed E-state index contributed by atoms with van der Waals surface area (Å²) in [6.45, 7) is 5.58. The number of hydrogen-bond donors (Lipinski definition) is 2. The van der Waals surface area contributed by atoms with Crippen LogP contribution in [-0.2, 0) is 20.8 Å². The van der Waals surface area contributed by atoms with Crippen molar-refractivity contribution in [2.45, 2.75) is 38.1 Å². The summed E-state index contributed by atoms with van der Waals surface area (Å²) < 4.78 is 0. The maximum Gasteiger partial charge on any atom is 0.254 e. The lowest BCUT2D eigenvalue weighted by Gasteiger charge is -2.36. The molecule has 1 fully saturated rings. The lowest BCUT2D eigenvalue weighted by molar-refractivity contribution is -0.138. The molecular formula is C33H38N4O4. The van der Waals surface area contributed by atoms with Crippen molar-refractivity contribution in [3.8, 4) is 0 Å². The maximum atomic E-state index is 13.6. The molecule has 3 aromatic rings. The van der Waals surface area contributed by atoms with Crippen LogP contribution < -0.4 is 10.6 Å². The molecule has 1 atom stereocenters. The molecule has 1 saturated heterocycles. The molecule has 0 saturated carbocycles. The van der Waals surface area contributed by atoms with Gasteiger partial charge < -0.3 is 20.4 Å². The Balaban J connectivity index is 1.34. The molecule has 0 aliphatic carbocycles. The molecule has 0 aromatic heterocycles. The number of nitrogens with zero attached hydrogens (tertiary/aromatic N) is 2. The first-order valence-corrected chi connectivity index (χ1v) is 14.3. The minimum Gasteiger partial charge on any atom is -0.353 e. The number of fused-ring (bicyclic) bond motifs is 1. The number of amides is 4. The Kier molecular flexibility index (Phi) is 10.7. The van der Waals surface area contributed by atoms with Crippen LogP contribution in [-0.4, -0.2) is 72.2 Å². The molecule has 41 heavy (non-hydrogen) atoms. The molecule has 3 aromatic carbocycles. The summed E-state index contributed by atoms with van der Waals surface area (Å²) >= 11 is 0. The fraction of sp³-hybridized carbons (Fsp3) is 0.333. The SMILES string of the molecule is C=CC(=O)NCCCC[C@H](NC(=O)CCc1ccccc1)C(=O)N1CCN(C(=O)c2cccc3ccccc23)CC1. The normalized spacial score (nSPS) is 13.9. The molecule has 0 unspecified atom stereocenters. The van der Waals surface area contributed by atoms with Crippen LogP contribution in [0.2, 0.25) is 0 Å². The molecule has 0 bridgehead atoms. The van der Waals surface area contributed by atoms with Crippen molar-refractivity contribution in [2.75, 3.05) is 32.7 Å². The first-order valence-electron chi connectivity index (χ1n) is 14.3. The number of unbranched alkanes of at least 4 members (excludes halogenated alkanes) is 1. The molecule has 0 radical (unpaired) electrons. The predicted octanol–water partition coefficient (Wildman–Crippen LogP) is 3.71. The summed E-state index contributed by atoms with van der Waals surface area (Å²) in [6.07, 6.45) is 3.91. The highest BCUT2D eigenvalue weighted by atomic mass is 16.2. The second-order valence-corrected chi connectivity index (χ2v) is 10.2. The van der Waals surface area contributed by atoms with Gasteiger partial charge in [0.25, 0.3) is 5.91 Å². The van der Waals surface area contributed by atoms with Gasteiger partial charge in [0.2, 0.25) is 17.7 Å². The summed E-state index contributed by atoms with van der Waals surface area (Å²) in [7, 11) is 0.